The van der Waals surface area contributed by atoms with Crippen molar-refractivity contribution in [1.29, 1.82) is 0 Å². The Hall–Kier alpha value is -4.22. The van der Waals surface area contributed by atoms with Crippen LogP contribution in [0.2, 0.25) is 0 Å². The van der Waals surface area contributed by atoms with Crippen molar-refractivity contribution in [3.63, 3.8) is 0 Å². The Morgan fingerprint density at radius 1 is 0.977 bits per heavy atom. The number of alkyl halides is 3. The third-order valence-corrected chi connectivity index (χ3v) is 7.78. The fourth-order valence-corrected chi connectivity index (χ4v) is 5.43. The first kappa shape index (κ1) is 30.2. The molecule has 5 rings (SSSR count). The number of amides is 2. The molecule has 1 saturated heterocycles. The lowest BCUT2D eigenvalue weighted by Gasteiger charge is -2.33. The van der Waals surface area contributed by atoms with Crippen LogP contribution in [0, 0.1) is 0 Å². The minimum atomic E-state index is -4.65. The van der Waals surface area contributed by atoms with Crippen LogP contribution in [-0.2, 0) is 19.3 Å². The van der Waals surface area contributed by atoms with Gasteiger partial charge < -0.3 is 20.5 Å². The molecule has 0 aliphatic carbocycles. The molecule has 2 amide bonds. The van der Waals surface area contributed by atoms with Crippen molar-refractivity contribution in [3.05, 3.63) is 94.3 Å². The molecule has 1 aliphatic heterocycles. The maximum absolute atomic E-state index is 14.3. The normalized spacial score (nSPS) is 14.8. The van der Waals surface area contributed by atoms with Gasteiger partial charge in [0.2, 0.25) is 0 Å². The van der Waals surface area contributed by atoms with Gasteiger partial charge in [0.15, 0.2) is 0 Å². The van der Waals surface area contributed by atoms with E-state index in [0.29, 0.717) is 30.0 Å². The number of likely N-dealkylation sites (N-methyl/N-ethyl adjacent to an activating group) is 1. The molecule has 0 radical (unpaired) electrons. The molecular formula is C32H35F3N6O2. The number of rotatable bonds is 8. The lowest BCUT2D eigenvalue weighted by Crippen LogP contribution is -2.44. The highest BCUT2D eigenvalue weighted by Gasteiger charge is 2.37. The van der Waals surface area contributed by atoms with Crippen LogP contribution in [0.1, 0.15) is 62.9 Å². The molecule has 2 aromatic heterocycles. The largest absolute Gasteiger partial charge is 0.418 e. The summed E-state index contributed by atoms with van der Waals surface area (Å²) < 4.78 is 43.0. The summed E-state index contributed by atoms with van der Waals surface area (Å²) in [7, 11) is 1.99. The van der Waals surface area contributed by atoms with Crippen LogP contribution in [0.25, 0.3) is 11.0 Å². The smallest absolute Gasteiger partial charge is 0.347 e. The molecule has 0 spiro atoms. The lowest BCUT2D eigenvalue weighted by atomic mass is 9.94. The Morgan fingerprint density at radius 3 is 2.44 bits per heavy atom. The number of carbonyl (C=O) groups is 2. The molecule has 3 N–H and O–H groups in total. The average molecular weight is 593 g/mol. The Balaban J connectivity index is 1.35. The first-order chi connectivity index (χ1) is 20.5. The van der Waals surface area contributed by atoms with Gasteiger partial charge >= 0.3 is 6.18 Å². The average Bonchev–Trinajstić information content (AvgIpc) is 3.41. The first-order valence-electron chi connectivity index (χ1n) is 14.3. The van der Waals surface area contributed by atoms with Crippen LogP contribution in [0.5, 0.6) is 0 Å². The SMILES string of the molecule is CC(C)c1ccc(C(=O)Nc2cccc(CN3CCN(C)CC3)c2C(F)(F)F)cc1CNC(=O)c1cc2cccnc2[nH]1. The molecule has 0 saturated carbocycles. The van der Waals surface area contributed by atoms with Crippen LogP contribution >= 0.6 is 0 Å². The fraction of sp³-hybridized carbons (Fsp3) is 0.344. The standard InChI is InChI=1S/C32H35F3N6O2/c1-20(2)25-10-9-22(16-24(25)18-37-31(43)27-17-21-7-5-11-36-29(21)38-27)30(42)39-26-8-4-6-23(28(26)32(33,34)35)19-41-14-12-40(3)13-15-41/h4-11,16-17,20H,12-15,18-19H2,1-3H3,(H,36,38)(H,37,43)(H,39,42). The zero-order valence-electron chi connectivity index (χ0n) is 24.4. The van der Waals surface area contributed by atoms with Gasteiger partial charge in [-0.05, 0) is 66.1 Å². The molecule has 226 valence electrons. The number of nitrogens with zero attached hydrogens (tertiary/aromatic N) is 3. The molecule has 8 nitrogen and oxygen atoms in total. The summed E-state index contributed by atoms with van der Waals surface area (Å²) in [6.07, 6.45) is -3.02. The second-order valence-electron chi connectivity index (χ2n) is 11.2. The van der Waals surface area contributed by atoms with E-state index in [1.54, 1.807) is 42.6 Å². The van der Waals surface area contributed by atoms with Crippen LogP contribution in [0.15, 0.2) is 60.8 Å². The maximum atomic E-state index is 14.3. The number of benzene rings is 2. The number of anilines is 1. The number of aromatic amines is 1. The Labute approximate surface area is 248 Å². The predicted molar refractivity (Wildman–Crippen MR) is 160 cm³/mol. The molecule has 4 aromatic rings. The minimum Gasteiger partial charge on any atom is -0.347 e. The highest BCUT2D eigenvalue weighted by molar-refractivity contribution is 6.05. The van der Waals surface area contributed by atoms with Gasteiger partial charge in [-0.1, -0.05) is 32.0 Å². The van der Waals surface area contributed by atoms with Gasteiger partial charge in [0.25, 0.3) is 11.8 Å². The quantitative estimate of drug-likeness (QED) is 0.247. The van der Waals surface area contributed by atoms with E-state index in [1.807, 2.05) is 31.9 Å². The second-order valence-corrected chi connectivity index (χ2v) is 11.2. The van der Waals surface area contributed by atoms with Crippen molar-refractivity contribution in [2.45, 2.75) is 39.0 Å². The number of halogens is 3. The van der Waals surface area contributed by atoms with Gasteiger partial charge in [-0.15, -0.1) is 0 Å². The van der Waals surface area contributed by atoms with E-state index in [1.165, 1.54) is 12.1 Å². The number of H-pyrrole nitrogens is 1. The monoisotopic (exact) mass is 592 g/mol. The van der Waals surface area contributed by atoms with E-state index >= 15 is 0 Å². The summed E-state index contributed by atoms with van der Waals surface area (Å²) in [6.45, 7) is 7.16. The number of hydrogen-bond donors (Lipinski definition) is 3. The summed E-state index contributed by atoms with van der Waals surface area (Å²) in [4.78, 5) is 37.6. The highest BCUT2D eigenvalue weighted by atomic mass is 19.4. The van der Waals surface area contributed by atoms with Gasteiger partial charge in [-0.3, -0.25) is 14.5 Å². The lowest BCUT2D eigenvalue weighted by molar-refractivity contribution is -0.137. The third-order valence-electron chi connectivity index (χ3n) is 7.78. The van der Waals surface area contributed by atoms with Crippen molar-refractivity contribution in [2.75, 3.05) is 38.5 Å². The molecule has 43 heavy (non-hydrogen) atoms. The van der Waals surface area contributed by atoms with Crippen LogP contribution < -0.4 is 10.6 Å². The number of aromatic nitrogens is 2. The Bertz CT molecular complexity index is 1590. The minimum absolute atomic E-state index is 0.0874. The van der Waals surface area contributed by atoms with Crippen molar-refractivity contribution in [2.24, 2.45) is 0 Å². The number of pyridine rings is 1. The van der Waals surface area contributed by atoms with E-state index < -0.39 is 17.6 Å². The zero-order chi connectivity index (χ0) is 30.7. The van der Waals surface area contributed by atoms with E-state index in [0.717, 1.165) is 24.0 Å². The summed E-state index contributed by atoms with van der Waals surface area (Å²) in [5.41, 5.74) is 1.78. The van der Waals surface area contributed by atoms with Crippen LogP contribution in [0.3, 0.4) is 0 Å². The summed E-state index contributed by atoms with van der Waals surface area (Å²) in [5, 5.41) is 6.20. The Morgan fingerprint density at radius 2 is 1.74 bits per heavy atom. The second kappa shape index (κ2) is 12.6. The van der Waals surface area contributed by atoms with Crippen molar-refractivity contribution < 1.29 is 22.8 Å². The van der Waals surface area contributed by atoms with E-state index in [9.17, 15) is 22.8 Å². The van der Waals surface area contributed by atoms with Crippen molar-refractivity contribution >= 4 is 28.5 Å². The number of fused-ring (bicyclic) bond motifs is 1. The highest BCUT2D eigenvalue weighted by Crippen LogP contribution is 2.38. The summed E-state index contributed by atoms with van der Waals surface area (Å²) >= 11 is 0. The van der Waals surface area contributed by atoms with Crippen molar-refractivity contribution in [3.8, 4) is 0 Å². The number of carbonyl (C=O) groups excluding carboxylic acids is 2. The summed E-state index contributed by atoms with van der Waals surface area (Å²) in [6, 6.07) is 14.6. The molecule has 0 atom stereocenters. The topological polar surface area (TPSA) is 93.4 Å². The molecule has 0 unspecified atom stereocenters. The van der Waals surface area contributed by atoms with Crippen LogP contribution in [0.4, 0.5) is 18.9 Å². The van der Waals surface area contributed by atoms with E-state index in [-0.39, 0.29) is 41.7 Å². The fourth-order valence-electron chi connectivity index (χ4n) is 5.43. The molecule has 3 heterocycles. The number of nitrogens with one attached hydrogen (secondary N) is 3. The molecule has 0 bridgehead atoms. The van der Waals surface area contributed by atoms with E-state index in [4.69, 9.17) is 0 Å². The van der Waals surface area contributed by atoms with Gasteiger partial charge in [0.05, 0.1) is 11.3 Å². The predicted octanol–water partition coefficient (Wildman–Crippen LogP) is 5.63. The van der Waals surface area contributed by atoms with E-state index in [2.05, 4.69) is 25.5 Å². The first-order valence-corrected chi connectivity index (χ1v) is 14.3. The molecule has 2 aromatic carbocycles. The zero-order valence-corrected chi connectivity index (χ0v) is 24.4. The molecule has 1 aliphatic rings. The molecule has 11 heteroatoms. The number of piperazine rings is 1. The maximum Gasteiger partial charge on any atom is 0.418 e. The van der Waals surface area contributed by atoms with Crippen LogP contribution in [-0.4, -0.2) is 64.8 Å². The molecule has 1 fully saturated rings. The van der Waals surface area contributed by atoms with Gasteiger partial charge in [-0.2, -0.15) is 13.2 Å². The van der Waals surface area contributed by atoms with Gasteiger partial charge in [-0.25, -0.2) is 4.98 Å². The Kier molecular flexibility index (Phi) is 8.84. The molecular weight excluding hydrogens is 557 g/mol. The summed E-state index contributed by atoms with van der Waals surface area (Å²) in [5.74, 6) is -0.911. The third kappa shape index (κ3) is 7.06. The van der Waals surface area contributed by atoms with Gasteiger partial charge in [0.1, 0.15) is 11.3 Å². The van der Waals surface area contributed by atoms with Crippen molar-refractivity contribution in [1.82, 2.24) is 25.1 Å². The number of hydrogen-bond acceptors (Lipinski definition) is 5. The van der Waals surface area contributed by atoms with Gasteiger partial charge in [0, 0.05) is 56.4 Å².